The maximum atomic E-state index is 15.0. The normalized spacial score (nSPS) is 15.4. The zero-order chi connectivity index (χ0) is 45.1. The summed E-state index contributed by atoms with van der Waals surface area (Å²) in [5.41, 5.74) is -4.65. The molecule has 0 saturated heterocycles. The Labute approximate surface area is 318 Å². The van der Waals surface area contributed by atoms with E-state index in [1.54, 1.807) is 0 Å². The van der Waals surface area contributed by atoms with E-state index >= 15 is 17.6 Å². The monoisotopic (exact) mass is 966 g/mol. The maximum absolute atomic E-state index is 15.0. The molecule has 326 valence electrons. The molecular formula is C28H8F26S4. The Bertz CT molecular complexity index is 1950. The Morgan fingerprint density at radius 2 is 0.517 bits per heavy atom. The van der Waals surface area contributed by atoms with Gasteiger partial charge in [-0.1, -0.05) is 0 Å². The van der Waals surface area contributed by atoms with Crippen LogP contribution in [0.25, 0.3) is 29.3 Å². The highest BCUT2D eigenvalue weighted by atomic mass is 32.1. The summed E-state index contributed by atoms with van der Waals surface area (Å²) in [6, 6.07) is 2.82. The van der Waals surface area contributed by atoms with Gasteiger partial charge in [0.1, 0.15) is 0 Å². The molecule has 0 saturated carbocycles. The lowest BCUT2D eigenvalue weighted by molar-refractivity contribution is -0.441. The van der Waals surface area contributed by atoms with Crippen LogP contribution in [0.1, 0.15) is 11.1 Å². The zero-order valence-corrected chi connectivity index (χ0v) is 29.3. The highest BCUT2D eigenvalue weighted by molar-refractivity contribution is 7.28. The van der Waals surface area contributed by atoms with Crippen LogP contribution in [0.4, 0.5) is 114 Å². The molecule has 0 aliphatic heterocycles. The molecule has 0 aliphatic rings. The first-order valence-corrected chi connectivity index (χ1v) is 17.3. The van der Waals surface area contributed by atoms with Gasteiger partial charge in [0.2, 0.25) is 0 Å². The number of hydrogen-bond donors (Lipinski definition) is 0. The van der Waals surface area contributed by atoms with Crippen LogP contribution in [0, 0.1) is 0 Å². The van der Waals surface area contributed by atoms with E-state index in [1.807, 2.05) is 0 Å². The van der Waals surface area contributed by atoms with E-state index in [0.717, 1.165) is 12.1 Å². The van der Waals surface area contributed by atoms with Crippen LogP contribution in [0.15, 0.2) is 47.2 Å². The average Bonchev–Trinajstić information content (AvgIpc) is 3.88. The molecule has 0 unspecified atom stereocenters. The van der Waals surface area contributed by atoms with Crippen LogP contribution < -0.4 is 0 Å². The topological polar surface area (TPSA) is 0 Å². The summed E-state index contributed by atoms with van der Waals surface area (Å²) in [7, 11) is 0. The molecule has 0 nitrogen and oxygen atoms in total. The van der Waals surface area contributed by atoms with Crippen molar-refractivity contribution in [2.24, 2.45) is 0 Å². The molecule has 58 heavy (non-hydrogen) atoms. The van der Waals surface area contributed by atoms with Crippen molar-refractivity contribution in [2.75, 3.05) is 0 Å². The van der Waals surface area contributed by atoms with Crippen LogP contribution in [-0.2, 0) is 11.8 Å². The molecule has 4 aromatic rings. The average molecular weight is 967 g/mol. The minimum Gasteiger partial charge on any atom is -0.194 e. The summed E-state index contributed by atoms with van der Waals surface area (Å²) in [6.07, 6.45) is -15.3. The van der Waals surface area contributed by atoms with Gasteiger partial charge in [-0.25, -0.2) is 0 Å². The first-order valence-electron chi connectivity index (χ1n) is 13.9. The second kappa shape index (κ2) is 13.7. The highest BCUT2D eigenvalue weighted by Gasteiger charge is 2.92. The second-order valence-electron chi connectivity index (χ2n) is 11.4. The van der Waals surface area contributed by atoms with E-state index in [1.165, 1.54) is 0 Å². The Kier molecular flexibility index (Phi) is 11.3. The number of thiophene rings is 4. The molecule has 0 aliphatic carbocycles. The number of alkyl halides is 26. The fourth-order valence-electron chi connectivity index (χ4n) is 4.56. The minimum atomic E-state index is -8.19. The van der Waals surface area contributed by atoms with Gasteiger partial charge in [0.25, 0.3) is 0 Å². The Morgan fingerprint density at radius 3 is 0.776 bits per heavy atom. The summed E-state index contributed by atoms with van der Waals surface area (Å²) in [5, 5.41) is 0.853. The lowest BCUT2D eigenvalue weighted by Gasteiger charge is -2.39. The summed E-state index contributed by atoms with van der Waals surface area (Å²) < 4.78 is 358. The Hall–Kier alpha value is -3.02. The van der Waals surface area contributed by atoms with E-state index < -0.39 is 102 Å². The molecule has 4 rings (SSSR count). The molecule has 0 radical (unpaired) electrons. The predicted octanol–water partition coefficient (Wildman–Crippen LogP) is 15.3. The lowest BCUT2D eigenvalue weighted by atomic mass is 9.90. The first kappa shape index (κ1) is 47.7. The van der Waals surface area contributed by atoms with Crippen molar-refractivity contribution in [1.29, 1.82) is 0 Å². The summed E-state index contributed by atoms with van der Waals surface area (Å²) >= 11 is 0.260. The van der Waals surface area contributed by atoms with Crippen molar-refractivity contribution in [2.45, 2.75) is 71.6 Å². The highest BCUT2D eigenvalue weighted by Crippen LogP contribution is 2.65. The van der Waals surface area contributed by atoms with E-state index in [0.29, 0.717) is 22.9 Å². The maximum Gasteiger partial charge on any atom is 0.460 e. The quantitative estimate of drug-likeness (QED) is 0.117. The lowest BCUT2D eigenvalue weighted by Crippen LogP contribution is -2.69. The van der Waals surface area contributed by atoms with Crippen molar-refractivity contribution in [3.63, 3.8) is 0 Å². The zero-order valence-electron chi connectivity index (χ0n) is 26.1. The Balaban J connectivity index is 1.71. The third-order valence-electron chi connectivity index (χ3n) is 7.78. The largest absolute Gasteiger partial charge is 0.460 e. The number of rotatable bonds is 13. The van der Waals surface area contributed by atoms with E-state index in [-0.39, 0.29) is 67.2 Å². The van der Waals surface area contributed by atoms with Gasteiger partial charge in [-0.2, -0.15) is 114 Å². The molecule has 0 amide bonds. The molecule has 0 N–H and O–H groups in total. The van der Waals surface area contributed by atoms with Gasteiger partial charge in [-0.3, -0.25) is 0 Å². The van der Waals surface area contributed by atoms with Gasteiger partial charge >= 0.3 is 71.6 Å². The van der Waals surface area contributed by atoms with Gasteiger partial charge in [0.05, 0.1) is 9.75 Å². The van der Waals surface area contributed by atoms with Crippen molar-refractivity contribution in [1.82, 2.24) is 0 Å². The number of hydrogen-bond acceptors (Lipinski definition) is 4. The van der Waals surface area contributed by atoms with Crippen LogP contribution >= 0.6 is 45.3 Å². The fourth-order valence-corrected chi connectivity index (χ4v) is 8.80. The smallest absolute Gasteiger partial charge is 0.194 e. The summed E-state index contributed by atoms with van der Waals surface area (Å²) in [5.74, 6) is -77.3. The van der Waals surface area contributed by atoms with Crippen molar-refractivity contribution in [3.05, 3.63) is 58.3 Å². The Morgan fingerprint density at radius 1 is 0.276 bits per heavy atom. The van der Waals surface area contributed by atoms with E-state index in [4.69, 9.17) is 0 Å². The van der Waals surface area contributed by atoms with Gasteiger partial charge in [-0.05, 0) is 47.2 Å². The third kappa shape index (κ3) is 6.45. The van der Waals surface area contributed by atoms with Crippen LogP contribution in [-0.4, -0.2) is 59.7 Å². The van der Waals surface area contributed by atoms with E-state index in [9.17, 15) is 96.6 Å². The first-order chi connectivity index (χ1) is 25.6. The molecule has 0 aromatic carbocycles. The van der Waals surface area contributed by atoms with Crippen molar-refractivity contribution < 1.29 is 114 Å². The minimum absolute atomic E-state index is 0.0381. The van der Waals surface area contributed by atoms with Crippen molar-refractivity contribution >= 4 is 45.3 Å². The van der Waals surface area contributed by atoms with Gasteiger partial charge in [-0.15, -0.1) is 45.3 Å². The van der Waals surface area contributed by atoms with E-state index in [2.05, 4.69) is 0 Å². The molecule has 0 bridgehead atoms. The van der Waals surface area contributed by atoms with Crippen LogP contribution in [0.2, 0.25) is 0 Å². The molecule has 4 aromatic heterocycles. The number of halogens is 26. The standard InChI is InChI=1S/C28H8F26S4/c29-17(30,19(33,34)21(37,38)23(41,42)25(45,46)27(49,50)51)9-5-7-55-15(9)13-3-1-11(57-13)12-2-4-14(58-12)16-10(6-8-56-16)18(31,32)20(35,36)22(39,40)24(43,44)26(47,48)28(52,53)54/h1-8H. The molecular weight excluding hydrogens is 959 g/mol. The van der Waals surface area contributed by atoms with Gasteiger partial charge < -0.3 is 0 Å². The summed E-state index contributed by atoms with van der Waals surface area (Å²) in [6.45, 7) is 0. The van der Waals surface area contributed by atoms with Crippen LogP contribution in [0.5, 0.6) is 0 Å². The molecule has 4 heterocycles. The van der Waals surface area contributed by atoms with Gasteiger partial charge in [0.15, 0.2) is 0 Å². The second-order valence-corrected chi connectivity index (χ2v) is 15.4. The van der Waals surface area contributed by atoms with Crippen molar-refractivity contribution in [3.8, 4) is 29.3 Å². The molecule has 0 spiro atoms. The third-order valence-corrected chi connectivity index (χ3v) is 12.3. The summed E-state index contributed by atoms with van der Waals surface area (Å²) in [4.78, 5) is -4.48. The predicted molar refractivity (Wildman–Crippen MR) is 154 cm³/mol. The molecule has 0 atom stereocenters. The molecule has 0 fully saturated rings. The van der Waals surface area contributed by atoms with Crippen LogP contribution in [0.3, 0.4) is 0 Å². The molecule has 30 heteroatoms. The van der Waals surface area contributed by atoms with Gasteiger partial charge in [0, 0.05) is 30.6 Å². The SMILES string of the molecule is FC(F)(F)C(F)(F)C(F)(F)C(F)(F)C(F)(F)C(F)(F)c1ccsc1-c1ccc(-c2ccc(-c3sccc3C(F)(F)C(F)(F)C(F)(F)C(F)(F)C(F)(F)C(F)(F)F)s2)s1. The fraction of sp³-hybridized carbons (Fsp3) is 0.429.